The number of carbonyl (C=O) groups is 2. The van der Waals surface area contributed by atoms with E-state index < -0.39 is 0 Å². The number of aryl methyl sites for hydroxylation is 2. The van der Waals surface area contributed by atoms with E-state index in [2.05, 4.69) is 15.6 Å². The van der Waals surface area contributed by atoms with E-state index in [0.29, 0.717) is 18.7 Å². The van der Waals surface area contributed by atoms with Crippen LogP contribution in [0.25, 0.3) is 5.52 Å². The van der Waals surface area contributed by atoms with Crippen LogP contribution in [0, 0.1) is 6.92 Å². The van der Waals surface area contributed by atoms with Gasteiger partial charge in [-0.3, -0.25) is 14.0 Å². The largest absolute Gasteiger partial charge is 0.383 e. The molecule has 0 saturated carbocycles. The fraction of sp³-hybridized carbons (Fsp3) is 0.286. The first-order valence-corrected chi connectivity index (χ1v) is 9.20. The summed E-state index contributed by atoms with van der Waals surface area (Å²) < 4.78 is 6.57. The standard InChI is InChI=1S/C21H24N4O3/c1-4-15-9-7-8-14(2)17(15)24-20(26)18-16-10-5-6-12-25(16)19(23-18)21(27)22-11-13-28-3/h5-10,12H,4,11,13H2,1-3H3,(H,22,27)(H,24,26). The molecule has 3 rings (SSSR count). The molecule has 28 heavy (non-hydrogen) atoms. The van der Waals surface area contributed by atoms with Gasteiger partial charge in [-0.05, 0) is 36.6 Å². The molecule has 2 aromatic heterocycles. The summed E-state index contributed by atoms with van der Waals surface area (Å²) in [4.78, 5) is 29.9. The number of ether oxygens (including phenoxy) is 1. The molecular weight excluding hydrogens is 356 g/mol. The van der Waals surface area contributed by atoms with Gasteiger partial charge in [0.15, 0.2) is 5.69 Å². The lowest BCUT2D eigenvalue weighted by atomic mass is 10.1. The molecule has 0 unspecified atom stereocenters. The Morgan fingerprint density at radius 1 is 1.14 bits per heavy atom. The zero-order valence-corrected chi connectivity index (χ0v) is 16.3. The van der Waals surface area contributed by atoms with Gasteiger partial charge in [0.05, 0.1) is 12.1 Å². The Balaban J connectivity index is 1.95. The predicted molar refractivity (Wildman–Crippen MR) is 108 cm³/mol. The van der Waals surface area contributed by atoms with Crippen LogP contribution in [0.15, 0.2) is 42.6 Å². The number of carbonyl (C=O) groups excluding carboxylic acids is 2. The van der Waals surface area contributed by atoms with Crippen LogP contribution in [0.4, 0.5) is 5.69 Å². The van der Waals surface area contributed by atoms with Gasteiger partial charge >= 0.3 is 0 Å². The molecule has 3 aromatic rings. The Hall–Kier alpha value is -3.19. The van der Waals surface area contributed by atoms with E-state index in [0.717, 1.165) is 23.2 Å². The van der Waals surface area contributed by atoms with Crippen LogP contribution < -0.4 is 10.6 Å². The molecule has 7 heteroatoms. The van der Waals surface area contributed by atoms with Crippen LogP contribution in [-0.2, 0) is 11.2 Å². The number of hydrogen-bond donors (Lipinski definition) is 2. The van der Waals surface area contributed by atoms with Crippen molar-refractivity contribution in [2.75, 3.05) is 25.6 Å². The van der Waals surface area contributed by atoms with E-state index in [9.17, 15) is 9.59 Å². The van der Waals surface area contributed by atoms with Crippen LogP contribution in [-0.4, -0.2) is 41.5 Å². The SMILES string of the molecule is CCc1cccc(C)c1NC(=O)c1nc(C(=O)NCCOC)n2ccccc12. The van der Waals surface area contributed by atoms with E-state index in [1.807, 2.05) is 38.1 Å². The van der Waals surface area contributed by atoms with Gasteiger partial charge in [-0.1, -0.05) is 31.2 Å². The van der Waals surface area contributed by atoms with Gasteiger partial charge in [0.2, 0.25) is 5.82 Å². The topological polar surface area (TPSA) is 84.7 Å². The summed E-state index contributed by atoms with van der Waals surface area (Å²) in [5, 5.41) is 5.72. The third kappa shape index (κ3) is 3.89. The molecule has 0 saturated heterocycles. The zero-order valence-electron chi connectivity index (χ0n) is 16.3. The Morgan fingerprint density at radius 3 is 2.71 bits per heavy atom. The number of para-hydroxylation sites is 1. The van der Waals surface area contributed by atoms with Crippen LogP contribution in [0.1, 0.15) is 39.2 Å². The quantitative estimate of drug-likeness (QED) is 0.617. The number of nitrogens with one attached hydrogen (secondary N) is 2. The first-order chi connectivity index (χ1) is 13.6. The van der Waals surface area contributed by atoms with E-state index in [4.69, 9.17) is 4.74 Å². The number of pyridine rings is 1. The zero-order chi connectivity index (χ0) is 20.1. The fourth-order valence-corrected chi connectivity index (χ4v) is 3.09. The van der Waals surface area contributed by atoms with Crippen molar-refractivity contribution in [3.8, 4) is 0 Å². The van der Waals surface area contributed by atoms with Gasteiger partial charge < -0.3 is 15.4 Å². The van der Waals surface area contributed by atoms with E-state index in [1.165, 1.54) is 0 Å². The van der Waals surface area contributed by atoms with Crippen molar-refractivity contribution in [2.24, 2.45) is 0 Å². The lowest BCUT2D eigenvalue weighted by molar-refractivity contribution is 0.0926. The highest BCUT2D eigenvalue weighted by molar-refractivity contribution is 6.09. The average Bonchev–Trinajstić information content (AvgIpc) is 3.09. The van der Waals surface area contributed by atoms with Crippen LogP contribution >= 0.6 is 0 Å². The minimum absolute atomic E-state index is 0.164. The van der Waals surface area contributed by atoms with Gasteiger partial charge in [-0.25, -0.2) is 4.98 Å². The van der Waals surface area contributed by atoms with Crippen molar-refractivity contribution in [1.82, 2.24) is 14.7 Å². The lowest BCUT2D eigenvalue weighted by Crippen LogP contribution is -2.28. The van der Waals surface area contributed by atoms with Crippen LogP contribution in [0.5, 0.6) is 0 Å². The molecule has 2 heterocycles. The number of hydrogen-bond acceptors (Lipinski definition) is 4. The summed E-state index contributed by atoms with van der Waals surface area (Å²) in [5.74, 6) is -0.538. The number of aromatic nitrogens is 2. The lowest BCUT2D eigenvalue weighted by Gasteiger charge is -2.12. The van der Waals surface area contributed by atoms with Crippen molar-refractivity contribution in [3.05, 3.63) is 65.2 Å². The maximum Gasteiger partial charge on any atom is 0.287 e. The average molecular weight is 380 g/mol. The molecule has 1 aromatic carbocycles. The summed E-state index contributed by atoms with van der Waals surface area (Å²) in [7, 11) is 1.57. The fourth-order valence-electron chi connectivity index (χ4n) is 3.09. The molecule has 0 atom stereocenters. The van der Waals surface area contributed by atoms with E-state index in [-0.39, 0.29) is 23.3 Å². The second-order valence-corrected chi connectivity index (χ2v) is 6.41. The summed E-state index contributed by atoms with van der Waals surface area (Å²) in [6, 6.07) is 11.3. The second kappa shape index (κ2) is 8.67. The molecule has 0 bridgehead atoms. The predicted octanol–water partition coefficient (Wildman–Crippen LogP) is 2.83. The number of imidazole rings is 1. The van der Waals surface area contributed by atoms with Crippen LogP contribution in [0.2, 0.25) is 0 Å². The van der Waals surface area contributed by atoms with Gasteiger partial charge in [-0.15, -0.1) is 0 Å². The molecule has 0 aliphatic rings. The summed E-state index contributed by atoms with van der Waals surface area (Å²) in [5.41, 5.74) is 3.60. The molecule has 0 spiro atoms. The van der Waals surface area contributed by atoms with Crippen molar-refractivity contribution in [1.29, 1.82) is 0 Å². The second-order valence-electron chi connectivity index (χ2n) is 6.41. The highest BCUT2D eigenvalue weighted by atomic mass is 16.5. The monoisotopic (exact) mass is 380 g/mol. The number of amides is 2. The summed E-state index contributed by atoms with van der Waals surface area (Å²) in [6.07, 6.45) is 2.52. The molecule has 7 nitrogen and oxygen atoms in total. The van der Waals surface area contributed by atoms with Crippen LogP contribution in [0.3, 0.4) is 0 Å². The van der Waals surface area contributed by atoms with E-state index >= 15 is 0 Å². The van der Waals surface area contributed by atoms with Gasteiger partial charge in [-0.2, -0.15) is 0 Å². The third-order valence-corrected chi connectivity index (χ3v) is 4.54. The molecule has 0 aliphatic heterocycles. The summed E-state index contributed by atoms with van der Waals surface area (Å²) in [6.45, 7) is 4.75. The Kier molecular flexibility index (Phi) is 6.06. The van der Waals surface area contributed by atoms with Crippen molar-refractivity contribution in [3.63, 3.8) is 0 Å². The minimum atomic E-state index is -0.359. The molecule has 2 N–H and O–H groups in total. The molecule has 0 radical (unpaired) electrons. The molecule has 0 fully saturated rings. The number of rotatable bonds is 7. The molecule has 146 valence electrons. The summed E-state index contributed by atoms with van der Waals surface area (Å²) >= 11 is 0. The Bertz CT molecular complexity index is 1010. The normalized spacial score (nSPS) is 10.8. The number of nitrogens with zero attached hydrogens (tertiary/aromatic N) is 2. The molecule has 0 aliphatic carbocycles. The Labute approximate surface area is 163 Å². The maximum absolute atomic E-state index is 13.0. The van der Waals surface area contributed by atoms with Gasteiger partial charge in [0.25, 0.3) is 11.8 Å². The first-order valence-electron chi connectivity index (χ1n) is 9.20. The first kappa shape index (κ1) is 19.6. The highest BCUT2D eigenvalue weighted by Crippen LogP contribution is 2.23. The number of anilines is 1. The number of methoxy groups -OCH3 is 1. The van der Waals surface area contributed by atoms with E-state index in [1.54, 1.807) is 29.8 Å². The number of benzene rings is 1. The van der Waals surface area contributed by atoms with Crippen molar-refractivity contribution in [2.45, 2.75) is 20.3 Å². The minimum Gasteiger partial charge on any atom is -0.383 e. The van der Waals surface area contributed by atoms with Crippen molar-refractivity contribution < 1.29 is 14.3 Å². The smallest absolute Gasteiger partial charge is 0.287 e. The van der Waals surface area contributed by atoms with Gasteiger partial charge in [0.1, 0.15) is 0 Å². The molecular formula is C21H24N4O3. The third-order valence-electron chi connectivity index (χ3n) is 4.54. The highest BCUT2D eigenvalue weighted by Gasteiger charge is 2.22. The molecule has 2 amide bonds. The number of fused-ring (bicyclic) bond motifs is 1. The maximum atomic E-state index is 13.0. The Morgan fingerprint density at radius 2 is 1.96 bits per heavy atom. The van der Waals surface area contributed by atoms with Gasteiger partial charge in [0, 0.05) is 25.5 Å². The van der Waals surface area contributed by atoms with Crippen molar-refractivity contribution >= 4 is 23.0 Å².